The fourth-order valence-corrected chi connectivity index (χ4v) is 3.93. The van der Waals surface area contributed by atoms with E-state index in [1.54, 1.807) is 0 Å². The lowest BCUT2D eigenvalue weighted by Crippen LogP contribution is -2.02. The molecule has 1 aliphatic carbocycles. The molecule has 0 amide bonds. The molecule has 0 saturated heterocycles. The standard InChI is InChI=1S/C25H24ClFO/c26-21-14-12-20(13-15-21)23(19-10-11-19)8-4-5-18-9-16-24(27)25(17-18)28-22-6-2-1-3-7-22/h1-3,6-7,9,12-17,19,23H,4-5,8,10-11H2. The summed E-state index contributed by atoms with van der Waals surface area (Å²) in [7, 11) is 0. The van der Waals surface area contributed by atoms with E-state index < -0.39 is 0 Å². The Hall–Kier alpha value is -2.32. The average Bonchev–Trinajstić information content (AvgIpc) is 3.54. The zero-order valence-electron chi connectivity index (χ0n) is 15.8. The van der Waals surface area contributed by atoms with E-state index >= 15 is 0 Å². The monoisotopic (exact) mass is 394 g/mol. The minimum absolute atomic E-state index is 0.292. The van der Waals surface area contributed by atoms with E-state index in [4.69, 9.17) is 16.3 Å². The van der Waals surface area contributed by atoms with Gasteiger partial charge < -0.3 is 4.74 Å². The van der Waals surface area contributed by atoms with Gasteiger partial charge in [0.1, 0.15) is 5.75 Å². The first-order valence-electron chi connectivity index (χ1n) is 9.96. The van der Waals surface area contributed by atoms with Crippen molar-refractivity contribution in [1.29, 1.82) is 0 Å². The molecule has 0 aliphatic heterocycles. The predicted octanol–water partition coefficient (Wildman–Crippen LogP) is 7.79. The summed E-state index contributed by atoms with van der Waals surface area (Å²) in [6.07, 6.45) is 5.76. The van der Waals surface area contributed by atoms with Gasteiger partial charge in [0.2, 0.25) is 0 Å². The van der Waals surface area contributed by atoms with E-state index in [9.17, 15) is 4.39 Å². The van der Waals surface area contributed by atoms with Crippen molar-refractivity contribution in [3.8, 4) is 11.5 Å². The van der Waals surface area contributed by atoms with Crippen molar-refractivity contribution < 1.29 is 9.13 Å². The van der Waals surface area contributed by atoms with Crippen LogP contribution in [-0.2, 0) is 6.42 Å². The fourth-order valence-electron chi connectivity index (χ4n) is 3.81. The van der Waals surface area contributed by atoms with Gasteiger partial charge in [-0.1, -0.05) is 48.0 Å². The van der Waals surface area contributed by atoms with Crippen LogP contribution in [0.4, 0.5) is 4.39 Å². The molecule has 3 aromatic rings. The second-order valence-corrected chi connectivity index (χ2v) is 8.00. The maximum atomic E-state index is 14.1. The minimum Gasteiger partial charge on any atom is -0.454 e. The van der Waals surface area contributed by atoms with Gasteiger partial charge in [0, 0.05) is 5.02 Å². The summed E-state index contributed by atoms with van der Waals surface area (Å²) in [5.74, 6) is 2.00. The second-order valence-electron chi connectivity index (χ2n) is 7.57. The molecule has 1 fully saturated rings. The maximum absolute atomic E-state index is 14.1. The minimum atomic E-state index is -0.329. The fraction of sp³-hybridized carbons (Fsp3) is 0.280. The van der Waals surface area contributed by atoms with Gasteiger partial charge in [-0.25, -0.2) is 4.39 Å². The van der Waals surface area contributed by atoms with E-state index in [0.29, 0.717) is 17.4 Å². The lowest BCUT2D eigenvalue weighted by atomic mass is 9.88. The van der Waals surface area contributed by atoms with Crippen LogP contribution in [0.15, 0.2) is 72.8 Å². The smallest absolute Gasteiger partial charge is 0.165 e. The molecule has 28 heavy (non-hydrogen) atoms. The van der Waals surface area contributed by atoms with Gasteiger partial charge >= 0.3 is 0 Å². The van der Waals surface area contributed by atoms with Crippen LogP contribution in [0.5, 0.6) is 11.5 Å². The predicted molar refractivity (Wildman–Crippen MR) is 113 cm³/mol. The van der Waals surface area contributed by atoms with Crippen molar-refractivity contribution in [2.75, 3.05) is 0 Å². The third kappa shape index (κ3) is 4.94. The zero-order chi connectivity index (χ0) is 19.3. The van der Waals surface area contributed by atoms with Crippen LogP contribution in [0.3, 0.4) is 0 Å². The Morgan fingerprint density at radius 1 is 0.964 bits per heavy atom. The van der Waals surface area contributed by atoms with Crippen molar-refractivity contribution in [3.05, 3.63) is 94.8 Å². The van der Waals surface area contributed by atoms with Gasteiger partial charge in [0.15, 0.2) is 11.6 Å². The van der Waals surface area contributed by atoms with Crippen LogP contribution in [-0.4, -0.2) is 0 Å². The first-order valence-corrected chi connectivity index (χ1v) is 10.3. The number of hydrogen-bond acceptors (Lipinski definition) is 1. The number of aryl methyl sites for hydroxylation is 1. The summed E-state index contributed by atoms with van der Waals surface area (Å²) in [6.45, 7) is 0. The van der Waals surface area contributed by atoms with E-state index in [-0.39, 0.29) is 5.82 Å². The number of hydrogen-bond donors (Lipinski definition) is 0. The topological polar surface area (TPSA) is 9.23 Å². The summed E-state index contributed by atoms with van der Waals surface area (Å²) in [4.78, 5) is 0. The highest BCUT2D eigenvalue weighted by Gasteiger charge is 2.31. The highest BCUT2D eigenvalue weighted by Crippen LogP contribution is 2.45. The molecule has 3 aromatic carbocycles. The SMILES string of the molecule is Fc1ccc(CCCC(c2ccc(Cl)cc2)C2CC2)cc1Oc1ccccc1. The van der Waals surface area contributed by atoms with Gasteiger partial charge in [-0.05, 0) is 91.5 Å². The zero-order valence-corrected chi connectivity index (χ0v) is 16.5. The molecule has 1 aliphatic rings. The van der Waals surface area contributed by atoms with E-state index in [0.717, 1.165) is 35.8 Å². The summed E-state index contributed by atoms with van der Waals surface area (Å²) < 4.78 is 19.9. The Kier molecular flexibility index (Phi) is 5.97. The molecule has 144 valence electrons. The van der Waals surface area contributed by atoms with E-state index in [1.165, 1.54) is 24.5 Å². The third-order valence-electron chi connectivity index (χ3n) is 5.44. The number of ether oxygens (including phenoxy) is 1. The molecule has 3 heteroatoms. The molecule has 0 aromatic heterocycles. The molecule has 1 atom stereocenters. The lowest BCUT2D eigenvalue weighted by molar-refractivity contribution is 0.441. The normalized spacial score (nSPS) is 14.6. The van der Waals surface area contributed by atoms with E-state index in [1.807, 2.05) is 54.6 Å². The Bertz CT molecular complexity index is 904. The molecule has 1 saturated carbocycles. The Morgan fingerprint density at radius 3 is 2.43 bits per heavy atom. The van der Waals surface area contributed by atoms with Gasteiger partial charge in [0.25, 0.3) is 0 Å². The second kappa shape index (κ2) is 8.79. The summed E-state index contributed by atoms with van der Waals surface area (Å²) in [5.41, 5.74) is 2.50. The summed E-state index contributed by atoms with van der Waals surface area (Å²) in [5, 5.41) is 0.788. The van der Waals surface area contributed by atoms with Gasteiger partial charge in [-0.15, -0.1) is 0 Å². The average molecular weight is 395 g/mol. The molecule has 0 radical (unpaired) electrons. The summed E-state index contributed by atoms with van der Waals surface area (Å²) in [6, 6.07) is 22.8. The van der Waals surface area contributed by atoms with Crippen molar-refractivity contribution in [3.63, 3.8) is 0 Å². The van der Waals surface area contributed by atoms with Crippen LogP contribution < -0.4 is 4.74 Å². The maximum Gasteiger partial charge on any atom is 0.165 e. The molecular formula is C25H24ClFO. The molecule has 0 N–H and O–H groups in total. The van der Waals surface area contributed by atoms with Crippen LogP contribution >= 0.6 is 11.6 Å². The molecule has 4 rings (SSSR count). The lowest BCUT2D eigenvalue weighted by Gasteiger charge is -2.17. The first-order chi connectivity index (χ1) is 13.7. The van der Waals surface area contributed by atoms with Crippen LogP contribution in [0.25, 0.3) is 0 Å². The van der Waals surface area contributed by atoms with Crippen molar-refractivity contribution in [1.82, 2.24) is 0 Å². The first kappa shape index (κ1) is 19.0. The number of rotatable bonds is 8. The quantitative estimate of drug-likeness (QED) is 0.379. The largest absolute Gasteiger partial charge is 0.454 e. The van der Waals surface area contributed by atoms with Crippen LogP contribution in [0, 0.1) is 11.7 Å². The van der Waals surface area contributed by atoms with E-state index in [2.05, 4.69) is 12.1 Å². The van der Waals surface area contributed by atoms with Crippen LogP contribution in [0.1, 0.15) is 42.7 Å². The van der Waals surface area contributed by atoms with Gasteiger partial charge in [-0.2, -0.15) is 0 Å². The molecule has 1 unspecified atom stereocenters. The number of benzene rings is 3. The Labute approximate surface area is 171 Å². The van der Waals surface area contributed by atoms with Crippen LogP contribution in [0.2, 0.25) is 5.02 Å². The van der Waals surface area contributed by atoms with Crippen molar-refractivity contribution in [2.24, 2.45) is 5.92 Å². The van der Waals surface area contributed by atoms with Gasteiger partial charge in [0.05, 0.1) is 0 Å². The molecule has 0 bridgehead atoms. The van der Waals surface area contributed by atoms with Gasteiger partial charge in [-0.3, -0.25) is 0 Å². The Morgan fingerprint density at radius 2 is 1.71 bits per heavy atom. The molecule has 0 spiro atoms. The Balaban J connectivity index is 1.39. The highest BCUT2D eigenvalue weighted by molar-refractivity contribution is 6.30. The molecular weight excluding hydrogens is 371 g/mol. The van der Waals surface area contributed by atoms with Crippen molar-refractivity contribution >= 4 is 11.6 Å². The molecule has 1 nitrogen and oxygen atoms in total. The highest BCUT2D eigenvalue weighted by atomic mass is 35.5. The van der Waals surface area contributed by atoms with Crippen molar-refractivity contribution in [2.45, 2.75) is 38.0 Å². The molecule has 0 heterocycles. The summed E-state index contributed by atoms with van der Waals surface area (Å²) >= 11 is 6.04. The number of halogens is 2. The third-order valence-corrected chi connectivity index (χ3v) is 5.69. The number of para-hydroxylation sites is 1.